The zero-order valence-electron chi connectivity index (χ0n) is 19.7. The fourth-order valence-electron chi connectivity index (χ4n) is 5.14. The van der Waals surface area contributed by atoms with Crippen molar-refractivity contribution in [2.75, 3.05) is 0 Å². The van der Waals surface area contributed by atoms with Crippen molar-refractivity contribution >= 4 is 0 Å². The van der Waals surface area contributed by atoms with Crippen molar-refractivity contribution in [3.05, 3.63) is 71.6 Å². The van der Waals surface area contributed by atoms with Crippen LogP contribution in [0.5, 0.6) is 0 Å². The van der Waals surface area contributed by atoms with Crippen LogP contribution in [0.3, 0.4) is 0 Å². The van der Waals surface area contributed by atoms with Gasteiger partial charge in [0.25, 0.3) is 0 Å². The summed E-state index contributed by atoms with van der Waals surface area (Å²) in [5.74, 6) is 1.01. The normalized spacial score (nSPS) is 26.6. The van der Waals surface area contributed by atoms with Crippen molar-refractivity contribution in [2.45, 2.75) is 77.4 Å². The Bertz CT molecular complexity index is 934. The molecule has 2 fully saturated rings. The molecule has 33 heavy (non-hydrogen) atoms. The molecule has 2 aliphatic rings. The van der Waals surface area contributed by atoms with Crippen LogP contribution in [0.4, 0.5) is 13.2 Å². The van der Waals surface area contributed by atoms with Gasteiger partial charge in [0.15, 0.2) is 0 Å². The molecule has 0 aliphatic heterocycles. The fraction of sp³-hybridized carbons (Fsp3) is 0.517. The van der Waals surface area contributed by atoms with E-state index in [1.54, 1.807) is 0 Å². The zero-order valence-corrected chi connectivity index (χ0v) is 19.7. The first-order valence-corrected chi connectivity index (χ1v) is 12.4. The van der Waals surface area contributed by atoms with Crippen molar-refractivity contribution in [3.63, 3.8) is 0 Å². The predicted octanol–water partition coefficient (Wildman–Crippen LogP) is 8.81. The first-order chi connectivity index (χ1) is 15.8. The van der Waals surface area contributed by atoms with Crippen molar-refractivity contribution in [1.82, 2.24) is 0 Å². The molecule has 0 bridgehead atoms. The van der Waals surface area contributed by atoms with Crippen molar-refractivity contribution in [2.24, 2.45) is 17.8 Å². The monoisotopic (exact) mass is 456 g/mol. The third kappa shape index (κ3) is 6.29. The minimum atomic E-state index is -3.64. The van der Waals surface area contributed by atoms with E-state index in [2.05, 4.69) is 19.1 Å². The third-order valence-electron chi connectivity index (χ3n) is 7.42. The average Bonchev–Trinajstić information content (AvgIpc) is 2.80. The number of halogens is 3. The Morgan fingerprint density at radius 2 is 1.33 bits per heavy atom. The summed E-state index contributed by atoms with van der Waals surface area (Å²) in [6.45, 7) is 4.29. The summed E-state index contributed by atoms with van der Waals surface area (Å²) >= 11 is 0. The Morgan fingerprint density at radius 3 is 1.91 bits per heavy atom. The topological polar surface area (TPSA) is 9.23 Å². The smallest absolute Gasteiger partial charge is 0.313 e. The van der Waals surface area contributed by atoms with E-state index in [9.17, 15) is 13.2 Å². The van der Waals surface area contributed by atoms with E-state index < -0.39 is 23.6 Å². The molecule has 0 atom stereocenters. The van der Waals surface area contributed by atoms with Gasteiger partial charge in [0.1, 0.15) is 5.82 Å². The third-order valence-corrected chi connectivity index (χ3v) is 7.42. The standard InChI is InChI=1S/C29H35F3O/c1-20-3-7-22(8-4-20)9-10-23-11-16-26(17-12-23)33-29(31,32)27-18-15-25(19-28(27)30)24-13-5-21(2)6-14-24/h5-6,9-10,13-15,18-20,22-23,26H,3-4,7-8,11-12,16-17H2,1-2H3/b10-9+. The zero-order chi connectivity index (χ0) is 23.4. The van der Waals surface area contributed by atoms with Crippen LogP contribution >= 0.6 is 0 Å². The van der Waals surface area contributed by atoms with E-state index >= 15 is 0 Å². The van der Waals surface area contributed by atoms with Crippen LogP contribution in [-0.2, 0) is 10.8 Å². The predicted molar refractivity (Wildman–Crippen MR) is 128 cm³/mol. The molecule has 2 aromatic rings. The minimum absolute atomic E-state index is 0.434. The fourth-order valence-corrected chi connectivity index (χ4v) is 5.14. The van der Waals surface area contributed by atoms with Gasteiger partial charge >= 0.3 is 6.11 Å². The van der Waals surface area contributed by atoms with Gasteiger partial charge in [-0.3, -0.25) is 0 Å². The van der Waals surface area contributed by atoms with Crippen LogP contribution in [0.15, 0.2) is 54.6 Å². The molecule has 178 valence electrons. The molecule has 0 spiro atoms. The van der Waals surface area contributed by atoms with Gasteiger partial charge in [-0.05, 0) is 86.5 Å². The van der Waals surface area contributed by atoms with Crippen LogP contribution in [0.1, 0.15) is 69.4 Å². The Hall–Kier alpha value is -2.07. The van der Waals surface area contributed by atoms with Crippen LogP contribution in [0.25, 0.3) is 11.1 Å². The largest absolute Gasteiger partial charge is 0.386 e. The van der Waals surface area contributed by atoms with E-state index in [1.165, 1.54) is 37.8 Å². The Balaban J connectivity index is 1.32. The number of benzene rings is 2. The summed E-state index contributed by atoms with van der Waals surface area (Å²) in [5, 5.41) is 0. The summed E-state index contributed by atoms with van der Waals surface area (Å²) in [5.41, 5.74) is 1.77. The second-order valence-electron chi connectivity index (χ2n) is 10.1. The molecule has 2 aromatic carbocycles. The number of hydrogen-bond donors (Lipinski definition) is 0. The summed E-state index contributed by atoms with van der Waals surface area (Å²) in [6, 6.07) is 11.4. The summed E-state index contributed by atoms with van der Waals surface area (Å²) in [7, 11) is 0. The van der Waals surface area contributed by atoms with Crippen LogP contribution in [0, 0.1) is 30.5 Å². The molecule has 2 saturated carbocycles. The molecule has 4 heteroatoms. The van der Waals surface area contributed by atoms with Gasteiger partial charge in [0, 0.05) is 0 Å². The lowest BCUT2D eigenvalue weighted by Gasteiger charge is -2.31. The Kier molecular flexibility index (Phi) is 7.63. The highest BCUT2D eigenvalue weighted by Gasteiger charge is 2.39. The first-order valence-electron chi connectivity index (χ1n) is 12.4. The van der Waals surface area contributed by atoms with Gasteiger partial charge in [0.2, 0.25) is 0 Å². The van der Waals surface area contributed by atoms with Crippen molar-refractivity contribution in [3.8, 4) is 11.1 Å². The lowest BCUT2D eigenvalue weighted by atomic mass is 9.81. The maximum atomic E-state index is 14.8. The van der Waals surface area contributed by atoms with Gasteiger partial charge < -0.3 is 4.74 Å². The maximum Gasteiger partial charge on any atom is 0.386 e. The molecule has 0 amide bonds. The highest BCUT2D eigenvalue weighted by Crippen LogP contribution is 2.38. The second kappa shape index (κ2) is 10.5. The molecule has 0 aromatic heterocycles. The number of allylic oxidation sites excluding steroid dienone is 2. The molecule has 4 rings (SSSR count). The maximum absolute atomic E-state index is 14.8. The number of alkyl halides is 2. The number of rotatable bonds is 6. The highest BCUT2D eigenvalue weighted by molar-refractivity contribution is 5.64. The Labute approximate surface area is 196 Å². The second-order valence-corrected chi connectivity index (χ2v) is 10.1. The van der Waals surface area contributed by atoms with Gasteiger partial charge in [-0.15, -0.1) is 0 Å². The van der Waals surface area contributed by atoms with E-state index in [0.29, 0.717) is 30.2 Å². The van der Waals surface area contributed by atoms with E-state index in [4.69, 9.17) is 4.74 Å². The van der Waals surface area contributed by atoms with Crippen LogP contribution in [-0.4, -0.2) is 6.10 Å². The molecule has 1 nitrogen and oxygen atoms in total. The van der Waals surface area contributed by atoms with Gasteiger partial charge in [-0.1, -0.05) is 67.8 Å². The van der Waals surface area contributed by atoms with E-state index in [-0.39, 0.29) is 0 Å². The lowest BCUT2D eigenvalue weighted by Crippen LogP contribution is -2.30. The summed E-state index contributed by atoms with van der Waals surface area (Å²) < 4.78 is 49.5. The van der Waals surface area contributed by atoms with Gasteiger partial charge in [0.05, 0.1) is 11.7 Å². The number of ether oxygens (including phenoxy) is 1. The molecule has 0 heterocycles. The molecular weight excluding hydrogens is 421 g/mol. The number of aryl methyl sites for hydroxylation is 1. The molecular formula is C29H35F3O. The lowest BCUT2D eigenvalue weighted by molar-refractivity contribution is -0.279. The quantitative estimate of drug-likeness (QED) is 0.395. The van der Waals surface area contributed by atoms with Crippen molar-refractivity contribution in [1.29, 1.82) is 0 Å². The van der Waals surface area contributed by atoms with E-state index in [0.717, 1.165) is 36.0 Å². The highest BCUT2D eigenvalue weighted by atomic mass is 19.3. The van der Waals surface area contributed by atoms with Gasteiger partial charge in [-0.25, -0.2) is 4.39 Å². The minimum Gasteiger partial charge on any atom is -0.313 e. The van der Waals surface area contributed by atoms with Crippen LogP contribution in [0.2, 0.25) is 0 Å². The first kappa shape index (κ1) is 24.1. The molecule has 0 unspecified atom stereocenters. The summed E-state index contributed by atoms with van der Waals surface area (Å²) in [4.78, 5) is 0. The number of hydrogen-bond acceptors (Lipinski definition) is 1. The molecule has 2 aliphatic carbocycles. The van der Waals surface area contributed by atoms with Crippen LogP contribution < -0.4 is 0 Å². The van der Waals surface area contributed by atoms with E-state index in [1.807, 2.05) is 31.2 Å². The molecule has 0 radical (unpaired) electrons. The summed E-state index contributed by atoms with van der Waals surface area (Å²) in [6.07, 6.45) is 8.44. The van der Waals surface area contributed by atoms with Crippen molar-refractivity contribution < 1.29 is 17.9 Å². The Morgan fingerprint density at radius 1 is 0.788 bits per heavy atom. The molecule has 0 saturated heterocycles. The average molecular weight is 457 g/mol. The SMILES string of the molecule is Cc1ccc(-c2ccc(C(F)(F)OC3CCC(/C=C/C4CCC(C)CC4)CC3)c(F)c2)cc1. The van der Waals surface area contributed by atoms with Gasteiger partial charge in [-0.2, -0.15) is 8.78 Å². The molecule has 0 N–H and O–H groups in total.